The van der Waals surface area contributed by atoms with Gasteiger partial charge in [0.2, 0.25) is 15.9 Å². The number of aryl methyl sites for hydroxylation is 1. The molecule has 132 valence electrons. The second kappa shape index (κ2) is 7.58. The number of sulfonamides is 1. The van der Waals surface area contributed by atoms with E-state index in [2.05, 4.69) is 5.32 Å². The lowest BCUT2D eigenvalue weighted by Gasteiger charge is -2.12. The third kappa shape index (κ3) is 4.98. The third-order valence-corrected chi connectivity index (χ3v) is 4.81. The zero-order valence-corrected chi connectivity index (χ0v) is 14.9. The van der Waals surface area contributed by atoms with Crippen LogP contribution in [0.15, 0.2) is 47.4 Å². The Labute approximate surface area is 147 Å². The maximum absolute atomic E-state index is 12.1. The van der Waals surface area contributed by atoms with Crippen LogP contribution < -0.4 is 10.5 Å². The summed E-state index contributed by atoms with van der Waals surface area (Å²) in [5, 5.41) is 7.81. The van der Waals surface area contributed by atoms with Gasteiger partial charge < -0.3 is 5.32 Å². The van der Waals surface area contributed by atoms with Gasteiger partial charge in [0, 0.05) is 24.1 Å². The van der Waals surface area contributed by atoms with Gasteiger partial charge in [0.15, 0.2) is 5.78 Å². The first kappa shape index (κ1) is 18.8. The molecule has 0 aliphatic rings. The van der Waals surface area contributed by atoms with Crippen molar-refractivity contribution in [2.75, 3.05) is 5.32 Å². The minimum atomic E-state index is -3.87. The Bertz CT molecular complexity index is 906. The number of rotatable bonds is 6. The van der Waals surface area contributed by atoms with Gasteiger partial charge in [-0.3, -0.25) is 9.59 Å². The van der Waals surface area contributed by atoms with Crippen LogP contribution in [0.3, 0.4) is 0 Å². The normalized spacial score (nSPS) is 11.2. The average molecular weight is 360 g/mol. The summed E-state index contributed by atoms with van der Waals surface area (Å²) in [6.45, 7) is 3.51. The largest absolute Gasteiger partial charge is 0.326 e. The Balaban J connectivity index is 2.08. The van der Waals surface area contributed by atoms with Crippen molar-refractivity contribution < 1.29 is 18.0 Å². The number of benzene rings is 2. The van der Waals surface area contributed by atoms with Crippen molar-refractivity contribution in [3.05, 3.63) is 59.2 Å². The number of nitrogens with two attached hydrogens (primary N) is 1. The van der Waals surface area contributed by atoms with Gasteiger partial charge in [-0.15, -0.1) is 0 Å². The molecular weight excluding hydrogens is 340 g/mol. The fraction of sp³-hybridized carbons (Fsp3) is 0.222. The van der Waals surface area contributed by atoms with Crippen molar-refractivity contribution in [2.45, 2.75) is 31.6 Å². The zero-order valence-electron chi connectivity index (χ0n) is 14.1. The molecule has 0 saturated heterocycles. The second-order valence-corrected chi connectivity index (χ2v) is 7.36. The van der Waals surface area contributed by atoms with Crippen molar-refractivity contribution in [1.82, 2.24) is 0 Å². The van der Waals surface area contributed by atoms with E-state index in [1.807, 2.05) is 6.07 Å². The summed E-state index contributed by atoms with van der Waals surface area (Å²) in [6, 6.07) is 11.5. The van der Waals surface area contributed by atoms with Crippen LogP contribution in [0.1, 0.15) is 34.3 Å². The molecule has 0 aromatic heterocycles. The quantitative estimate of drug-likeness (QED) is 0.772. The number of carbonyl (C=O) groups is 2. The minimum Gasteiger partial charge on any atom is -0.326 e. The predicted octanol–water partition coefficient (Wildman–Crippen LogP) is 2.55. The first-order valence-electron chi connectivity index (χ1n) is 7.70. The lowest BCUT2D eigenvalue weighted by Crippen LogP contribution is -2.17. The van der Waals surface area contributed by atoms with Gasteiger partial charge >= 0.3 is 0 Å². The summed E-state index contributed by atoms with van der Waals surface area (Å²) in [5.41, 5.74) is 2.37. The Hall–Kier alpha value is -2.51. The van der Waals surface area contributed by atoms with E-state index >= 15 is 0 Å². The summed E-state index contributed by atoms with van der Waals surface area (Å²) in [7, 11) is -3.87. The maximum atomic E-state index is 12.1. The van der Waals surface area contributed by atoms with Gasteiger partial charge in [-0.2, -0.15) is 0 Å². The second-order valence-electron chi connectivity index (χ2n) is 5.80. The number of anilines is 1. The highest BCUT2D eigenvalue weighted by Crippen LogP contribution is 2.23. The molecule has 25 heavy (non-hydrogen) atoms. The third-order valence-electron chi connectivity index (χ3n) is 3.92. The number of amides is 1. The summed E-state index contributed by atoms with van der Waals surface area (Å²) in [4.78, 5) is 24.1. The van der Waals surface area contributed by atoms with Crippen molar-refractivity contribution in [3.8, 4) is 0 Å². The van der Waals surface area contributed by atoms with Gasteiger partial charge in [-0.05, 0) is 37.1 Å². The Morgan fingerprint density at radius 1 is 1.04 bits per heavy atom. The van der Waals surface area contributed by atoms with Crippen molar-refractivity contribution in [3.63, 3.8) is 0 Å². The molecule has 0 spiro atoms. The molecule has 7 heteroatoms. The molecule has 0 atom stereocenters. The number of Topliss-reactive ketones (excluding diaryl/α,β-unsaturated/α-hetero) is 1. The highest BCUT2D eigenvalue weighted by atomic mass is 32.2. The highest BCUT2D eigenvalue weighted by Gasteiger charge is 2.15. The number of ketones is 1. The number of carbonyl (C=O) groups excluding carboxylic acids is 2. The molecule has 1 amide bonds. The predicted molar refractivity (Wildman–Crippen MR) is 95.9 cm³/mol. The number of hydrogen-bond acceptors (Lipinski definition) is 4. The molecule has 0 aliphatic carbocycles. The molecular formula is C18H20N2O4S. The van der Waals surface area contributed by atoms with Crippen LogP contribution in [-0.2, 0) is 14.8 Å². The number of primary sulfonamides is 1. The molecule has 0 fully saturated rings. The van der Waals surface area contributed by atoms with Gasteiger partial charge in [0.05, 0.1) is 4.90 Å². The Morgan fingerprint density at radius 2 is 1.68 bits per heavy atom. The first-order chi connectivity index (χ1) is 11.7. The number of nitrogens with one attached hydrogen (secondary N) is 1. The van der Waals surface area contributed by atoms with Crippen molar-refractivity contribution >= 4 is 27.4 Å². The molecule has 2 aromatic rings. The smallest absolute Gasteiger partial charge is 0.238 e. The molecule has 6 nitrogen and oxygen atoms in total. The van der Waals surface area contributed by atoms with Crippen molar-refractivity contribution in [2.24, 2.45) is 5.14 Å². The summed E-state index contributed by atoms with van der Waals surface area (Å²) in [6.07, 6.45) is 0.0779. The fourth-order valence-electron chi connectivity index (χ4n) is 2.33. The van der Waals surface area contributed by atoms with E-state index in [1.165, 1.54) is 12.1 Å². The Morgan fingerprint density at radius 3 is 2.28 bits per heavy atom. The van der Waals surface area contributed by atoms with Crippen LogP contribution in [-0.4, -0.2) is 20.1 Å². The Kier molecular flexibility index (Phi) is 5.71. The van der Waals surface area contributed by atoms with E-state index in [1.54, 1.807) is 38.1 Å². The monoisotopic (exact) mass is 360 g/mol. The van der Waals surface area contributed by atoms with E-state index in [0.717, 1.165) is 5.56 Å². The molecule has 2 aromatic carbocycles. The topological polar surface area (TPSA) is 106 Å². The lowest BCUT2D eigenvalue weighted by molar-refractivity contribution is -0.116. The first-order valence-corrected chi connectivity index (χ1v) is 9.25. The molecule has 0 aliphatic heterocycles. The van der Waals surface area contributed by atoms with E-state index in [0.29, 0.717) is 16.8 Å². The minimum absolute atomic E-state index is 0.00577. The molecule has 3 N–H and O–H groups in total. The van der Waals surface area contributed by atoms with Crippen LogP contribution in [0.25, 0.3) is 0 Å². The summed E-state index contributed by atoms with van der Waals surface area (Å²) in [5.74, 6) is -0.486. The highest BCUT2D eigenvalue weighted by molar-refractivity contribution is 7.89. The zero-order chi connectivity index (χ0) is 18.6. The van der Waals surface area contributed by atoms with Crippen LogP contribution in [0, 0.1) is 13.8 Å². The molecule has 0 radical (unpaired) electrons. The maximum Gasteiger partial charge on any atom is 0.238 e. The van der Waals surface area contributed by atoms with Crippen LogP contribution in [0.2, 0.25) is 0 Å². The van der Waals surface area contributed by atoms with E-state index in [9.17, 15) is 18.0 Å². The standard InChI is InChI=1S/C18H20N2O4S/c1-12-10-15(25(19,23)24)11-16(13(12)2)20-18(22)9-8-17(21)14-6-4-3-5-7-14/h3-7,10-11H,8-9H2,1-2H3,(H,20,22)(H2,19,23,24). The van der Waals surface area contributed by atoms with E-state index < -0.39 is 10.0 Å². The molecule has 0 heterocycles. The fourth-order valence-corrected chi connectivity index (χ4v) is 2.95. The molecule has 2 rings (SSSR count). The molecule has 0 saturated carbocycles. The average Bonchev–Trinajstić information content (AvgIpc) is 2.56. The van der Waals surface area contributed by atoms with Crippen LogP contribution in [0.4, 0.5) is 5.69 Å². The lowest BCUT2D eigenvalue weighted by atomic mass is 10.1. The van der Waals surface area contributed by atoms with Crippen LogP contribution >= 0.6 is 0 Å². The van der Waals surface area contributed by atoms with E-state index in [-0.39, 0.29) is 29.4 Å². The molecule has 0 unspecified atom stereocenters. The molecule has 0 bridgehead atoms. The van der Waals surface area contributed by atoms with Crippen molar-refractivity contribution in [1.29, 1.82) is 0 Å². The van der Waals surface area contributed by atoms with Gasteiger partial charge in [-0.1, -0.05) is 30.3 Å². The van der Waals surface area contributed by atoms with Crippen LogP contribution in [0.5, 0.6) is 0 Å². The summed E-state index contributed by atoms with van der Waals surface area (Å²) >= 11 is 0. The summed E-state index contributed by atoms with van der Waals surface area (Å²) < 4.78 is 23.1. The van der Waals surface area contributed by atoms with E-state index in [4.69, 9.17) is 5.14 Å². The SMILES string of the molecule is Cc1cc(S(N)(=O)=O)cc(NC(=O)CCC(=O)c2ccccc2)c1C. The van der Waals surface area contributed by atoms with Gasteiger partial charge in [0.25, 0.3) is 0 Å². The van der Waals surface area contributed by atoms with Gasteiger partial charge in [-0.25, -0.2) is 13.6 Å². The van der Waals surface area contributed by atoms with Gasteiger partial charge in [0.1, 0.15) is 0 Å². The number of hydrogen-bond donors (Lipinski definition) is 2.